The molecule has 0 radical (unpaired) electrons. The van der Waals surface area contributed by atoms with E-state index in [9.17, 15) is 0 Å². The lowest BCUT2D eigenvalue weighted by molar-refractivity contribution is 0.731. The average molecular weight is 362 g/mol. The molecule has 1 atom stereocenters. The maximum atomic E-state index is 5.99. The quantitative estimate of drug-likeness (QED) is 0.779. The molecule has 1 rings (SSSR count). The smallest absolute Gasteiger partial charge is 0.0843 e. The summed E-state index contributed by atoms with van der Waals surface area (Å²) < 4.78 is 2.17. The lowest BCUT2D eigenvalue weighted by atomic mass is 10.1. The summed E-state index contributed by atoms with van der Waals surface area (Å²) in [7, 11) is 0. The highest BCUT2D eigenvalue weighted by Gasteiger charge is 2.11. The lowest BCUT2D eigenvalue weighted by Crippen LogP contribution is -2.08. The predicted octanol–water partition coefficient (Wildman–Crippen LogP) is 4.66. The molecule has 0 aliphatic carbocycles. The molecule has 1 aromatic rings. The third-order valence-electron chi connectivity index (χ3n) is 1.60. The average Bonchev–Trinajstić information content (AvgIpc) is 2.31. The Morgan fingerprint density at radius 1 is 1.64 bits per heavy atom. The first kappa shape index (κ1) is 14.6. The summed E-state index contributed by atoms with van der Waals surface area (Å²) in [5, 5.41) is 0. The molecule has 2 N–H and O–H groups in total. The van der Waals surface area contributed by atoms with Gasteiger partial charge in [-0.2, -0.15) is 0 Å². The van der Waals surface area contributed by atoms with Gasteiger partial charge in [-0.3, -0.25) is 0 Å². The van der Waals surface area contributed by atoms with E-state index in [4.69, 9.17) is 5.73 Å². The van der Waals surface area contributed by atoms with Crippen molar-refractivity contribution in [1.29, 1.82) is 0 Å². The van der Waals surface area contributed by atoms with Crippen LogP contribution in [0.3, 0.4) is 0 Å². The van der Waals surface area contributed by atoms with E-state index in [1.165, 1.54) is 4.88 Å². The minimum absolute atomic E-state index is 0. The Morgan fingerprint density at radius 2 is 2.21 bits per heavy atom. The van der Waals surface area contributed by atoms with Crippen LogP contribution in [0.4, 0.5) is 0 Å². The summed E-state index contributed by atoms with van der Waals surface area (Å²) in [6.45, 7) is 5.85. The normalized spacial score (nSPS) is 12.0. The number of nitrogens with two attached hydrogens (primary N) is 1. The van der Waals surface area contributed by atoms with Crippen LogP contribution in [0.15, 0.2) is 26.5 Å². The second-order valence-corrected chi connectivity index (χ2v) is 6.29. The van der Waals surface area contributed by atoms with Crippen LogP contribution in [0.2, 0.25) is 0 Å². The molecule has 0 unspecified atom stereocenters. The van der Waals surface area contributed by atoms with Crippen molar-refractivity contribution in [2.75, 3.05) is 0 Å². The zero-order valence-corrected chi connectivity index (χ0v) is 12.5. The minimum atomic E-state index is 0. The SMILES string of the molecule is C=C(C)C[C@@H](N)c1cc(Br)c(Br)s1.Cl. The summed E-state index contributed by atoms with van der Waals surface area (Å²) in [4.78, 5) is 1.18. The number of halogens is 3. The van der Waals surface area contributed by atoms with Crippen LogP contribution in [0.5, 0.6) is 0 Å². The van der Waals surface area contributed by atoms with E-state index in [1.807, 2.05) is 6.92 Å². The van der Waals surface area contributed by atoms with Crippen LogP contribution >= 0.6 is 55.6 Å². The summed E-state index contributed by atoms with van der Waals surface area (Å²) >= 11 is 8.55. The highest BCUT2D eigenvalue weighted by atomic mass is 79.9. The molecule has 0 aromatic carbocycles. The van der Waals surface area contributed by atoms with Crippen LogP contribution in [0.25, 0.3) is 0 Å². The molecule has 5 heteroatoms. The van der Waals surface area contributed by atoms with Gasteiger partial charge in [0.15, 0.2) is 0 Å². The Labute approximate surface area is 111 Å². The molecule has 80 valence electrons. The molecule has 0 amide bonds. The van der Waals surface area contributed by atoms with E-state index in [0.717, 1.165) is 20.3 Å². The largest absolute Gasteiger partial charge is 0.323 e. The van der Waals surface area contributed by atoms with E-state index in [-0.39, 0.29) is 18.4 Å². The first-order chi connectivity index (χ1) is 6.00. The first-order valence-electron chi connectivity index (χ1n) is 3.85. The van der Waals surface area contributed by atoms with E-state index in [1.54, 1.807) is 11.3 Å². The third-order valence-corrected chi connectivity index (χ3v) is 4.99. The van der Waals surface area contributed by atoms with Crippen LogP contribution in [0.1, 0.15) is 24.3 Å². The van der Waals surface area contributed by atoms with Gasteiger partial charge in [0.05, 0.1) is 3.79 Å². The van der Waals surface area contributed by atoms with Crippen molar-refractivity contribution in [3.63, 3.8) is 0 Å². The van der Waals surface area contributed by atoms with Crippen molar-refractivity contribution in [2.45, 2.75) is 19.4 Å². The summed E-state index contributed by atoms with van der Waals surface area (Å²) in [6.07, 6.45) is 0.847. The van der Waals surface area contributed by atoms with Crippen molar-refractivity contribution in [2.24, 2.45) is 5.73 Å². The fourth-order valence-electron chi connectivity index (χ4n) is 1.02. The van der Waals surface area contributed by atoms with Gasteiger partial charge in [-0.05, 0) is 51.3 Å². The van der Waals surface area contributed by atoms with Gasteiger partial charge in [0.1, 0.15) is 0 Å². The van der Waals surface area contributed by atoms with E-state index >= 15 is 0 Å². The second kappa shape index (κ2) is 6.28. The van der Waals surface area contributed by atoms with Crippen LogP contribution in [-0.4, -0.2) is 0 Å². The number of hydrogen-bond acceptors (Lipinski definition) is 2. The van der Waals surface area contributed by atoms with Gasteiger partial charge in [-0.15, -0.1) is 30.3 Å². The molecular formula is C9H12Br2ClNS. The Hall–Kier alpha value is 0.650. The Balaban J connectivity index is 0.00000169. The molecule has 14 heavy (non-hydrogen) atoms. The van der Waals surface area contributed by atoms with Gasteiger partial charge in [0, 0.05) is 15.4 Å². The second-order valence-electron chi connectivity index (χ2n) is 3.04. The van der Waals surface area contributed by atoms with Gasteiger partial charge in [0.25, 0.3) is 0 Å². The Morgan fingerprint density at radius 3 is 2.57 bits per heavy atom. The van der Waals surface area contributed by atoms with Gasteiger partial charge in [-0.1, -0.05) is 5.57 Å². The monoisotopic (exact) mass is 359 g/mol. The van der Waals surface area contributed by atoms with Crippen LogP contribution < -0.4 is 5.73 Å². The summed E-state index contributed by atoms with van der Waals surface area (Å²) in [6, 6.07) is 2.13. The minimum Gasteiger partial charge on any atom is -0.323 e. The number of thiophene rings is 1. The number of hydrogen-bond donors (Lipinski definition) is 1. The van der Waals surface area contributed by atoms with Gasteiger partial charge in [0.2, 0.25) is 0 Å². The molecule has 0 saturated carbocycles. The topological polar surface area (TPSA) is 26.0 Å². The summed E-state index contributed by atoms with van der Waals surface area (Å²) in [5.41, 5.74) is 7.10. The maximum absolute atomic E-state index is 5.99. The fourth-order valence-corrected chi connectivity index (χ4v) is 3.11. The third kappa shape index (κ3) is 4.03. The van der Waals surface area contributed by atoms with Crippen molar-refractivity contribution in [1.82, 2.24) is 0 Å². The summed E-state index contributed by atoms with van der Waals surface area (Å²) in [5.74, 6) is 0. The molecule has 0 spiro atoms. The Kier molecular flexibility index (Phi) is 6.57. The van der Waals surface area contributed by atoms with E-state index in [0.29, 0.717) is 0 Å². The van der Waals surface area contributed by atoms with Gasteiger partial charge >= 0.3 is 0 Å². The molecule has 0 fully saturated rings. The molecule has 0 saturated heterocycles. The van der Waals surface area contributed by atoms with Crippen molar-refractivity contribution < 1.29 is 0 Å². The maximum Gasteiger partial charge on any atom is 0.0843 e. The van der Waals surface area contributed by atoms with Gasteiger partial charge < -0.3 is 5.73 Å². The van der Waals surface area contributed by atoms with Crippen LogP contribution in [0, 0.1) is 0 Å². The van der Waals surface area contributed by atoms with E-state index in [2.05, 4.69) is 44.5 Å². The first-order valence-corrected chi connectivity index (χ1v) is 6.25. The standard InChI is InChI=1S/C9H11Br2NS.ClH/c1-5(2)3-7(12)8-4-6(10)9(11)13-8;/h4,7H,1,3,12H2,2H3;1H/t7-;/m1./s1. The highest BCUT2D eigenvalue weighted by molar-refractivity contribution is 9.13. The zero-order chi connectivity index (χ0) is 10.0. The molecule has 1 heterocycles. The van der Waals surface area contributed by atoms with Gasteiger partial charge in [-0.25, -0.2) is 0 Å². The highest BCUT2D eigenvalue weighted by Crippen LogP contribution is 2.36. The van der Waals surface area contributed by atoms with Crippen molar-refractivity contribution in [3.05, 3.63) is 31.4 Å². The van der Waals surface area contributed by atoms with Crippen LogP contribution in [-0.2, 0) is 0 Å². The predicted molar refractivity (Wildman–Crippen MR) is 73.3 cm³/mol. The number of rotatable bonds is 3. The molecule has 1 nitrogen and oxygen atoms in total. The lowest BCUT2D eigenvalue weighted by Gasteiger charge is -2.07. The molecule has 0 bridgehead atoms. The fraction of sp³-hybridized carbons (Fsp3) is 0.333. The molecule has 0 aliphatic rings. The van der Waals surface area contributed by atoms with Crippen molar-refractivity contribution >= 4 is 55.6 Å². The Bertz CT molecular complexity index is 305. The van der Waals surface area contributed by atoms with Crippen molar-refractivity contribution in [3.8, 4) is 0 Å². The molecule has 1 aromatic heterocycles. The van der Waals surface area contributed by atoms with E-state index < -0.39 is 0 Å². The molecular weight excluding hydrogens is 349 g/mol. The molecule has 0 aliphatic heterocycles. The zero-order valence-electron chi connectivity index (χ0n) is 7.72.